The van der Waals surface area contributed by atoms with Crippen LogP contribution in [0.1, 0.15) is 47.0 Å². The van der Waals surface area contributed by atoms with Gasteiger partial charge < -0.3 is 5.32 Å². The van der Waals surface area contributed by atoms with Crippen molar-refractivity contribution in [3.63, 3.8) is 0 Å². The highest BCUT2D eigenvalue weighted by Gasteiger charge is 2.27. The lowest BCUT2D eigenvalue weighted by Crippen LogP contribution is -2.48. The second kappa shape index (κ2) is 7.57. The molecule has 1 fully saturated rings. The van der Waals surface area contributed by atoms with Crippen molar-refractivity contribution in [2.24, 2.45) is 4.99 Å². The van der Waals surface area contributed by atoms with Crippen LogP contribution in [0.25, 0.3) is 0 Å². The monoisotopic (exact) mass is 274 g/mol. The summed E-state index contributed by atoms with van der Waals surface area (Å²) in [5.74, 6) is 3.64. The summed E-state index contributed by atoms with van der Waals surface area (Å²) < 4.78 is 0. The van der Waals surface area contributed by atoms with Gasteiger partial charge in [-0.3, -0.25) is 4.99 Å². The normalized spacial score (nSPS) is 29.1. The van der Waals surface area contributed by atoms with E-state index in [9.17, 15) is 0 Å². The summed E-state index contributed by atoms with van der Waals surface area (Å²) in [5, 5.41) is 4.77. The summed E-state index contributed by atoms with van der Waals surface area (Å²) in [6.45, 7) is 9.00. The summed E-state index contributed by atoms with van der Waals surface area (Å²) in [4.78, 5) is 4.81. The quantitative estimate of drug-likeness (QED) is 0.746. The van der Waals surface area contributed by atoms with Gasteiger partial charge in [0, 0.05) is 11.3 Å². The van der Waals surface area contributed by atoms with Gasteiger partial charge in [0.2, 0.25) is 0 Å². The maximum absolute atomic E-state index is 4.81. The Morgan fingerprint density at radius 1 is 1.53 bits per heavy atom. The lowest BCUT2D eigenvalue weighted by Gasteiger charge is -2.35. The van der Waals surface area contributed by atoms with Crippen LogP contribution in [0.3, 0.4) is 0 Å². The van der Waals surface area contributed by atoms with E-state index in [1.165, 1.54) is 36.5 Å². The molecule has 2 atom stereocenters. The van der Waals surface area contributed by atoms with Crippen LogP contribution in [-0.4, -0.2) is 34.0 Å². The second-order valence-corrected chi connectivity index (χ2v) is 7.38. The molecule has 1 heterocycles. The molecule has 2 nitrogen and oxygen atoms in total. The molecule has 1 aliphatic rings. The highest BCUT2D eigenvalue weighted by atomic mass is 32.2. The van der Waals surface area contributed by atoms with Crippen molar-refractivity contribution in [3.8, 4) is 0 Å². The molecule has 0 radical (unpaired) electrons. The largest absolute Gasteiger partial charge is 0.360 e. The summed E-state index contributed by atoms with van der Waals surface area (Å²) in [6.07, 6.45) is 3.60. The van der Waals surface area contributed by atoms with E-state index in [1.54, 1.807) is 0 Å². The number of aliphatic imine (C=N–C) groups is 1. The Hall–Kier alpha value is 0.170. The van der Waals surface area contributed by atoms with Crippen LogP contribution in [0.4, 0.5) is 0 Å². The first kappa shape index (κ1) is 15.2. The third-order valence-corrected chi connectivity index (χ3v) is 5.13. The van der Waals surface area contributed by atoms with Gasteiger partial charge in [-0.15, -0.1) is 0 Å². The van der Waals surface area contributed by atoms with Crippen LogP contribution in [-0.2, 0) is 0 Å². The Bertz CT molecular complexity index is 256. The first-order valence-electron chi connectivity index (χ1n) is 6.66. The predicted octanol–water partition coefficient (Wildman–Crippen LogP) is 3.77. The molecule has 0 bridgehead atoms. The molecular formula is C13H26N2S2. The molecule has 4 heteroatoms. The molecule has 0 aromatic heterocycles. The van der Waals surface area contributed by atoms with E-state index in [-0.39, 0.29) is 5.54 Å². The van der Waals surface area contributed by atoms with Gasteiger partial charge in [0.05, 0.1) is 6.04 Å². The maximum Gasteiger partial charge on any atom is 0.157 e. The average Bonchev–Trinajstić information content (AvgIpc) is 2.29. The van der Waals surface area contributed by atoms with Crippen molar-refractivity contribution in [3.05, 3.63) is 0 Å². The van der Waals surface area contributed by atoms with Gasteiger partial charge in [-0.2, -0.15) is 11.8 Å². The molecule has 0 aromatic carbocycles. The molecule has 0 saturated carbocycles. The molecule has 1 N–H and O–H groups in total. The summed E-state index contributed by atoms with van der Waals surface area (Å²) in [5.41, 5.74) is 0.266. The van der Waals surface area contributed by atoms with E-state index < -0.39 is 0 Å². The maximum atomic E-state index is 4.81. The van der Waals surface area contributed by atoms with Crippen molar-refractivity contribution in [1.82, 2.24) is 5.32 Å². The molecule has 0 aromatic rings. The Balaban J connectivity index is 2.42. The van der Waals surface area contributed by atoms with E-state index in [1.807, 2.05) is 23.5 Å². The fourth-order valence-electron chi connectivity index (χ4n) is 1.73. The van der Waals surface area contributed by atoms with Gasteiger partial charge in [0.15, 0.2) is 5.17 Å². The van der Waals surface area contributed by atoms with Gasteiger partial charge in [-0.1, -0.05) is 25.6 Å². The highest BCUT2D eigenvalue weighted by molar-refractivity contribution is 8.13. The molecular weight excluding hydrogens is 248 g/mol. The van der Waals surface area contributed by atoms with Crippen molar-refractivity contribution in [2.45, 2.75) is 58.5 Å². The van der Waals surface area contributed by atoms with E-state index in [0.29, 0.717) is 6.04 Å². The van der Waals surface area contributed by atoms with Gasteiger partial charge in [-0.25, -0.2) is 0 Å². The van der Waals surface area contributed by atoms with Crippen LogP contribution < -0.4 is 5.32 Å². The summed E-state index contributed by atoms with van der Waals surface area (Å²) in [6, 6.07) is 0.447. The number of thioether (sulfide) groups is 2. The molecule has 0 spiro atoms. The van der Waals surface area contributed by atoms with Crippen LogP contribution in [0.2, 0.25) is 0 Å². The fourth-order valence-corrected chi connectivity index (χ4v) is 3.84. The van der Waals surface area contributed by atoms with Crippen LogP contribution in [0.5, 0.6) is 0 Å². The van der Waals surface area contributed by atoms with Crippen LogP contribution in [0.15, 0.2) is 4.99 Å². The zero-order valence-electron chi connectivity index (χ0n) is 11.6. The highest BCUT2D eigenvalue weighted by Crippen LogP contribution is 2.25. The summed E-state index contributed by atoms with van der Waals surface area (Å²) in [7, 11) is 0. The number of nitrogens with one attached hydrogen (secondary N) is 1. The van der Waals surface area contributed by atoms with Gasteiger partial charge >= 0.3 is 0 Å². The number of amidine groups is 1. The standard InChI is InChI=1S/C13H26N2S2/c1-5-13(4)8-10-17-12(15-13)14-11(3)7-9-16-6-2/h11H,5-10H2,1-4H3,(H,14,15). The minimum atomic E-state index is 0.266. The van der Waals surface area contributed by atoms with Gasteiger partial charge in [-0.05, 0) is 44.6 Å². The van der Waals surface area contributed by atoms with Crippen molar-refractivity contribution >= 4 is 28.7 Å². The first-order valence-corrected chi connectivity index (χ1v) is 8.80. The Morgan fingerprint density at radius 2 is 2.29 bits per heavy atom. The zero-order chi connectivity index (χ0) is 12.7. The third-order valence-electron chi connectivity index (χ3n) is 3.30. The van der Waals surface area contributed by atoms with Crippen molar-refractivity contribution < 1.29 is 0 Å². The first-order chi connectivity index (χ1) is 8.09. The third kappa shape index (κ3) is 5.56. The molecule has 1 aliphatic heterocycles. The van der Waals surface area contributed by atoms with Crippen LogP contribution >= 0.6 is 23.5 Å². The molecule has 0 amide bonds. The number of hydrogen-bond acceptors (Lipinski definition) is 3. The minimum absolute atomic E-state index is 0.266. The van der Waals surface area contributed by atoms with Crippen LogP contribution in [0, 0.1) is 0 Å². The smallest absolute Gasteiger partial charge is 0.157 e. The fraction of sp³-hybridized carbons (Fsp3) is 0.923. The lowest BCUT2D eigenvalue weighted by molar-refractivity contribution is 0.389. The van der Waals surface area contributed by atoms with E-state index in [4.69, 9.17) is 4.99 Å². The van der Waals surface area contributed by atoms with E-state index in [0.717, 1.165) is 5.17 Å². The molecule has 2 unspecified atom stereocenters. The number of nitrogens with zero attached hydrogens (tertiary/aromatic N) is 1. The molecule has 100 valence electrons. The molecule has 1 saturated heterocycles. The topological polar surface area (TPSA) is 24.4 Å². The Morgan fingerprint density at radius 3 is 2.94 bits per heavy atom. The molecule has 0 aliphatic carbocycles. The van der Waals surface area contributed by atoms with Gasteiger partial charge in [0.25, 0.3) is 0 Å². The molecule has 17 heavy (non-hydrogen) atoms. The minimum Gasteiger partial charge on any atom is -0.360 e. The zero-order valence-corrected chi connectivity index (χ0v) is 13.2. The summed E-state index contributed by atoms with van der Waals surface area (Å²) >= 11 is 3.89. The van der Waals surface area contributed by atoms with Crippen molar-refractivity contribution in [1.29, 1.82) is 0 Å². The number of rotatable bonds is 6. The SMILES string of the molecule is CCSCCC(C)N=C1NC(C)(CC)CCS1. The predicted molar refractivity (Wildman–Crippen MR) is 83.4 cm³/mol. The average molecular weight is 274 g/mol. The lowest BCUT2D eigenvalue weighted by atomic mass is 9.96. The van der Waals surface area contributed by atoms with Gasteiger partial charge in [0.1, 0.15) is 0 Å². The number of hydrogen-bond donors (Lipinski definition) is 1. The molecule has 1 rings (SSSR count). The Kier molecular flexibility index (Phi) is 6.78. The van der Waals surface area contributed by atoms with E-state index in [2.05, 4.69) is 33.0 Å². The second-order valence-electron chi connectivity index (χ2n) is 4.91. The Labute approximate surface area is 115 Å². The van der Waals surface area contributed by atoms with E-state index >= 15 is 0 Å². The van der Waals surface area contributed by atoms with Crippen molar-refractivity contribution in [2.75, 3.05) is 17.3 Å².